The van der Waals surface area contributed by atoms with Crippen molar-refractivity contribution in [3.8, 4) is 0 Å². The predicted molar refractivity (Wildman–Crippen MR) is 155 cm³/mol. The van der Waals surface area contributed by atoms with E-state index in [1.54, 1.807) is 6.08 Å². The number of benzene rings is 1. The molecular formula is C36H46O3. The summed E-state index contributed by atoms with van der Waals surface area (Å²) in [6, 6.07) is 9.25. The highest BCUT2D eigenvalue weighted by Gasteiger charge is 2.71. The third kappa shape index (κ3) is 3.25. The van der Waals surface area contributed by atoms with E-state index in [0.717, 1.165) is 19.3 Å². The monoisotopic (exact) mass is 526 g/mol. The first-order valence-corrected chi connectivity index (χ1v) is 15.3. The number of hydrogen-bond donors (Lipinski definition) is 0. The van der Waals surface area contributed by atoms with Crippen LogP contribution in [0.15, 0.2) is 54.1 Å². The Labute approximate surface area is 234 Å². The normalized spacial score (nSPS) is 48.8. The zero-order valence-corrected chi connectivity index (χ0v) is 25.0. The summed E-state index contributed by atoms with van der Waals surface area (Å²) >= 11 is 0. The fraction of sp³-hybridized carbons (Fsp3) is 0.639. The summed E-state index contributed by atoms with van der Waals surface area (Å²) in [4.78, 5) is 42.2. The van der Waals surface area contributed by atoms with Gasteiger partial charge in [0.25, 0.3) is 0 Å². The van der Waals surface area contributed by atoms with E-state index in [1.807, 2.05) is 43.3 Å². The largest absolute Gasteiger partial charge is 0.294 e. The topological polar surface area (TPSA) is 51.2 Å². The van der Waals surface area contributed by atoms with Gasteiger partial charge in [0.1, 0.15) is 0 Å². The third-order valence-electron chi connectivity index (χ3n) is 13.6. The molecule has 6 rings (SSSR count). The van der Waals surface area contributed by atoms with Gasteiger partial charge in [0.15, 0.2) is 17.3 Å². The van der Waals surface area contributed by atoms with Crippen molar-refractivity contribution < 1.29 is 14.4 Å². The first-order valence-electron chi connectivity index (χ1n) is 15.3. The summed E-state index contributed by atoms with van der Waals surface area (Å²) in [6.07, 6.45) is 12.2. The smallest absolute Gasteiger partial charge is 0.176 e. The van der Waals surface area contributed by atoms with Crippen LogP contribution in [0.5, 0.6) is 0 Å². The van der Waals surface area contributed by atoms with Gasteiger partial charge in [-0.2, -0.15) is 0 Å². The van der Waals surface area contributed by atoms with E-state index < -0.39 is 10.8 Å². The molecular weight excluding hydrogens is 480 g/mol. The summed E-state index contributed by atoms with van der Waals surface area (Å²) < 4.78 is 0. The van der Waals surface area contributed by atoms with Crippen molar-refractivity contribution in [2.24, 2.45) is 56.7 Å². The SMILES string of the molecule is C[C@H]1[C@H](C)CC[C@]2(C)CC[C@]3(C)C(=CC(=O)[C@@H]4[C@@]5(C)C=CC(=O)C(C)(C(=O)c6ccccc6)[C@@H]5CC[C@]43C)[C@H]12. The minimum atomic E-state index is -1.17. The molecule has 208 valence electrons. The number of carbonyl (C=O) groups is 3. The van der Waals surface area contributed by atoms with Gasteiger partial charge in [0.2, 0.25) is 0 Å². The van der Waals surface area contributed by atoms with Crippen molar-refractivity contribution in [3.63, 3.8) is 0 Å². The Kier molecular flexibility index (Phi) is 5.77. The number of Topliss-reactive ketones (excluding diaryl/α,β-unsaturated/α-hetero) is 1. The Bertz CT molecular complexity index is 1310. The lowest BCUT2D eigenvalue weighted by Crippen LogP contribution is -2.66. The maximum absolute atomic E-state index is 14.5. The zero-order chi connectivity index (χ0) is 28.2. The predicted octanol–water partition coefficient (Wildman–Crippen LogP) is 8.05. The fourth-order valence-electron chi connectivity index (χ4n) is 10.9. The van der Waals surface area contributed by atoms with Crippen molar-refractivity contribution in [1.29, 1.82) is 0 Å². The van der Waals surface area contributed by atoms with Gasteiger partial charge >= 0.3 is 0 Å². The number of carbonyl (C=O) groups excluding carboxylic acids is 3. The third-order valence-corrected chi connectivity index (χ3v) is 13.6. The molecule has 1 aromatic rings. The van der Waals surface area contributed by atoms with Crippen LogP contribution in [0.25, 0.3) is 0 Å². The minimum Gasteiger partial charge on any atom is -0.294 e. The van der Waals surface area contributed by atoms with Gasteiger partial charge < -0.3 is 0 Å². The molecule has 0 saturated heterocycles. The van der Waals surface area contributed by atoms with Crippen LogP contribution in [0.2, 0.25) is 0 Å². The molecule has 10 atom stereocenters. The summed E-state index contributed by atoms with van der Waals surface area (Å²) in [5.74, 6) is 1.21. The molecule has 0 bridgehead atoms. The fourth-order valence-corrected chi connectivity index (χ4v) is 10.9. The number of allylic oxidation sites excluding steroid dienone is 4. The van der Waals surface area contributed by atoms with Crippen LogP contribution in [0.3, 0.4) is 0 Å². The second kappa shape index (κ2) is 8.37. The maximum atomic E-state index is 14.5. The van der Waals surface area contributed by atoms with E-state index in [1.165, 1.54) is 24.8 Å². The van der Waals surface area contributed by atoms with Crippen LogP contribution in [0, 0.1) is 56.7 Å². The first kappa shape index (κ1) is 26.9. The highest BCUT2D eigenvalue weighted by molar-refractivity contribution is 6.18. The standard InChI is InChI=1S/C36H46O3/c1-22-13-16-32(3)19-20-34(5)25(29(32)23(22)2)21-26(37)30-33(4)17-15-28(38)36(7,27(33)14-18-35(30,34)6)31(39)24-11-9-8-10-12-24/h8-12,15,17,21-23,27,29-30H,13-14,16,18-20H2,1-7H3/t22-,23+,27-,29+,30-,32-,33+,34-,35-,36?/m1/s1. The van der Waals surface area contributed by atoms with Crippen molar-refractivity contribution in [2.75, 3.05) is 0 Å². The number of rotatable bonds is 2. The summed E-state index contributed by atoms with van der Waals surface area (Å²) in [5.41, 5.74) is 0.243. The van der Waals surface area contributed by atoms with E-state index in [4.69, 9.17) is 0 Å². The van der Waals surface area contributed by atoms with Gasteiger partial charge in [0.05, 0.1) is 5.41 Å². The molecule has 3 fully saturated rings. The maximum Gasteiger partial charge on any atom is 0.176 e. The van der Waals surface area contributed by atoms with Gasteiger partial charge in [-0.25, -0.2) is 0 Å². The van der Waals surface area contributed by atoms with Gasteiger partial charge in [-0.3, -0.25) is 14.4 Å². The van der Waals surface area contributed by atoms with E-state index >= 15 is 0 Å². The lowest BCUT2D eigenvalue weighted by molar-refractivity contribution is -0.168. The molecule has 1 aromatic carbocycles. The average Bonchev–Trinajstić information content (AvgIpc) is 2.90. The number of fused-ring (bicyclic) bond motifs is 7. The molecule has 0 aliphatic heterocycles. The molecule has 0 amide bonds. The summed E-state index contributed by atoms with van der Waals surface area (Å²) in [7, 11) is 0. The number of hydrogen-bond acceptors (Lipinski definition) is 3. The molecule has 5 aliphatic carbocycles. The second-order valence-corrected chi connectivity index (χ2v) is 15.2. The molecule has 0 spiro atoms. The molecule has 39 heavy (non-hydrogen) atoms. The van der Waals surface area contributed by atoms with Crippen LogP contribution < -0.4 is 0 Å². The molecule has 3 saturated carbocycles. The Morgan fingerprint density at radius 3 is 2.26 bits per heavy atom. The van der Waals surface area contributed by atoms with Crippen LogP contribution in [-0.4, -0.2) is 17.3 Å². The molecule has 0 radical (unpaired) electrons. The van der Waals surface area contributed by atoms with Crippen LogP contribution in [-0.2, 0) is 9.59 Å². The molecule has 0 heterocycles. The van der Waals surface area contributed by atoms with E-state index in [9.17, 15) is 14.4 Å². The Morgan fingerprint density at radius 1 is 0.872 bits per heavy atom. The molecule has 3 nitrogen and oxygen atoms in total. The van der Waals surface area contributed by atoms with E-state index in [2.05, 4.69) is 47.6 Å². The van der Waals surface area contributed by atoms with E-state index in [-0.39, 0.29) is 45.4 Å². The summed E-state index contributed by atoms with van der Waals surface area (Å²) in [5, 5.41) is 0. The van der Waals surface area contributed by atoms with Gasteiger partial charge in [0, 0.05) is 16.9 Å². The Balaban J connectivity index is 1.48. The molecule has 0 aromatic heterocycles. The lowest BCUT2D eigenvalue weighted by Gasteiger charge is -2.69. The van der Waals surface area contributed by atoms with Crippen molar-refractivity contribution >= 4 is 17.3 Å². The highest BCUT2D eigenvalue weighted by atomic mass is 16.2. The number of ketones is 3. The van der Waals surface area contributed by atoms with E-state index in [0.29, 0.717) is 23.3 Å². The Hall–Kier alpha value is -2.29. The molecule has 5 aliphatic rings. The second-order valence-electron chi connectivity index (χ2n) is 15.2. The quantitative estimate of drug-likeness (QED) is 0.289. The van der Waals surface area contributed by atoms with Gasteiger partial charge in [-0.1, -0.05) is 83.5 Å². The lowest BCUT2D eigenvalue weighted by atomic mass is 9.33. The van der Waals surface area contributed by atoms with Crippen LogP contribution >= 0.6 is 0 Å². The van der Waals surface area contributed by atoms with Crippen LogP contribution in [0.1, 0.15) is 97.3 Å². The molecule has 3 heteroatoms. The average molecular weight is 527 g/mol. The van der Waals surface area contributed by atoms with Gasteiger partial charge in [-0.15, -0.1) is 0 Å². The summed E-state index contributed by atoms with van der Waals surface area (Å²) in [6.45, 7) is 16.2. The zero-order valence-electron chi connectivity index (χ0n) is 25.0. The highest BCUT2D eigenvalue weighted by Crippen LogP contribution is 2.74. The molecule has 1 unspecified atom stereocenters. The van der Waals surface area contributed by atoms with Crippen molar-refractivity contribution in [2.45, 2.75) is 87.0 Å². The van der Waals surface area contributed by atoms with Crippen molar-refractivity contribution in [1.82, 2.24) is 0 Å². The van der Waals surface area contributed by atoms with Crippen molar-refractivity contribution in [3.05, 3.63) is 59.7 Å². The Morgan fingerprint density at radius 2 is 1.56 bits per heavy atom. The molecule has 0 N–H and O–H groups in total. The van der Waals surface area contributed by atoms with Crippen LogP contribution in [0.4, 0.5) is 0 Å². The first-order chi connectivity index (χ1) is 18.2. The minimum absolute atomic E-state index is 0.0653. The van der Waals surface area contributed by atoms with Gasteiger partial charge in [-0.05, 0) is 97.5 Å².